The molecule has 0 saturated carbocycles. The van der Waals surface area contributed by atoms with Crippen molar-refractivity contribution in [1.82, 2.24) is 0 Å². The highest BCUT2D eigenvalue weighted by atomic mass is 16.6. The van der Waals surface area contributed by atoms with Crippen LogP contribution >= 0.6 is 0 Å². The van der Waals surface area contributed by atoms with Crippen molar-refractivity contribution in [3.05, 3.63) is 38.9 Å². The molecule has 0 fully saturated rings. The number of ether oxygens (including phenoxy) is 1. The largest absolute Gasteiger partial charge is 0.478 e. The van der Waals surface area contributed by atoms with Crippen LogP contribution in [-0.4, -0.2) is 29.1 Å². The quantitative estimate of drug-likeness (QED) is 0.485. The summed E-state index contributed by atoms with van der Waals surface area (Å²) in [5, 5.41) is 19.7. The Balaban J connectivity index is 3.56. The van der Waals surface area contributed by atoms with Crippen molar-refractivity contribution < 1.29 is 24.4 Å². The van der Waals surface area contributed by atoms with Gasteiger partial charge in [-0.2, -0.15) is 0 Å². The molecule has 0 aliphatic heterocycles. The van der Waals surface area contributed by atoms with Gasteiger partial charge in [-0.05, 0) is 19.1 Å². The maximum atomic E-state index is 11.3. The molecular weight excluding hydrogens is 230 g/mol. The predicted molar refractivity (Wildman–Crippen MR) is 56.1 cm³/mol. The summed E-state index contributed by atoms with van der Waals surface area (Å²) in [6, 6.07) is 2.21. The summed E-state index contributed by atoms with van der Waals surface area (Å²) < 4.78 is 4.39. The molecule has 0 amide bonds. The average Bonchev–Trinajstić information content (AvgIpc) is 2.26. The zero-order chi connectivity index (χ0) is 13.2. The number of esters is 1. The molecule has 7 nitrogen and oxygen atoms in total. The van der Waals surface area contributed by atoms with Gasteiger partial charge in [0.15, 0.2) is 0 Å². The summed E-state index contributed by atoms with van der Waals surface area (Å²) in [5.74, 6) is -2.17. The van der Waals surface area contributed by atoms with Gasteiger partial charge in [0, 0.05) is 5.56 Å². The van der Waals surface area contributed by atoms with Crippen LogP contribution < -0.4 is 0 Å². The fraction of sp³-hybridized carbons (Fsp3) is 0.200. The van der Waals surface area contributed by atoms with Crippen LogP contribution in [0.4, 0.5) is 5.69 Å². The molecular formula is C10H9NO6. The number of carboxylic acids is 1. The fourth-order valence-electron chi connectivity index (χ4n) is 1.44. The minimum absolute atomic E-state index is 0.0783. The summed E-state index contributed by atoms with van der Waals surface area (Å²) >= 11 is 0. The molecule has 0 aliphatic rings. The molecule has 1 N–H and O–H groups in total. The topological polar surface area (TPSA) is 107 Å². The van der Waals surface area contributed by atoms with Gasteiger partial charge in [-0.3, -0.25) is 10.1 Å². The number of hydrogen-bond donors (Lipinski definition) is 1. The third-order valence-corrected chi connectivity index (χ3v) is 2.25. The summed E-state index contributed by atoms with van der Waals surface area (Å²) in [5.41, 5.74) is -1.11. The normalized spacial score (nSPS) is 9.76. The van der Waals surface area contributed by atoms with Crippen LogP contribution in [0.5, 0.6) is 0 Å². The number of benzene rings is 1. The van der Waals surface area contributed by atoms with Gasteiger partial charge in [0.25, 0.3) is 5.69 Å². The Bertz CT molecular complexity index is 508. The molecule has 0 atom stereocenters. The van der Waals surface area contributed by atoms with E-state index in [1.165, 1.54) is 6.92 Å². The van der Waals surface area contributed by atoms with Crippen LogP contribution in [0.15, 0.2) is 12.1 Å². The first-order chi connectivity index (χ1) is 7.90. The molecule has 0 aliphatic carbocycles. The lowest BCUT2D eigenvalue weighted by Gasteiger charge is -2.06. The number of rotatable bonds is 3. The number of nitro groups is 1. The Morgan fingerprint density at radius 2 is 1.88 bits per heavy atom. The average molecular weight is 239 g/mol. The predicted octanol–water partition coefficient (Wildman–Crippen LogP) is 1.39. The zero-order valence-corrected chi connectivity index (χ0v) is 9.09. The van der Waals surface area contributed by atoms with Crippen molar-refractivity contribution >= 4 is 17.6 Å². The van der Waals surface area contributed by atoms with Gasteiger partial charge in [0.2, 0.25) is 0 Å². The SMILES string of the molecule is COC(=O)c1ccc(C(=O)O)c(C)c1[N+](=O)[O-]. The minimum atomic E-state index is -1.29. The lowest BCUT2D eigenvalue weighted by Crippen LogP contribution is -2.10. The Labute approximate surface area is 95.8 Å². The second kappa shape index (κ2) is 4.60. The molecule has 0 spiro atoms. The van der Waals surface area contributed by atoms with E-state index in [9.17, 15) is 19.7 Å². The molecule has 0 heterocycles. The smallest absolute Gasteiger partial charge is 0.344 e. The Kier molecular flexibility index (Phi) is 3.42. The van der Waals surface area contributed by atoms with Gasteiger partial charge in [-0.25, -0.2) is 9.59 Å². The molecule has 0 unspecified atom stereocenters. The van der Waals surface area contributed by atoms with Gasteiger partial charge in [0.05, 0.1) is 17.6 Å². The van der Waals surface area contributed by atoms with Crippen LogP contribution in [-0.2, 0) is 4.74 Å². The molecule has 17 heavy (non-hydrogen) atoms. The number of methoxy groups -OCH3 is 1. The van der Waals surface area contributed by atoms with E-state index in [1.54, 1.807) is 0 Å². The van der Waals surface area contributed by atoms with E-state index in [2.05, 4.69) is 4.74 Å². The number of carbonyl (C=O) groups is 2. The number of carboxylic acid groups (broad SMARTS) is 1. The Morgan fingerprint density at radius 3 is 2.29 bits per heavy atom. The van der Waals surface area contributed by atoms with Crippen molar-refractivity contribution in [1.29, 1.82) is 0 Å². The van der Waals surface area contributed by atoms with Crippen molar-refractivity contribution in [3.8, 4) is 0 Å². The first-order valence-corrected chi connectivity index (χ1v) is 4.49. The molecule has 1 aromatic carbocycles. The summed E-state index contributed by atoms with van der Waals surface area (Å²) in [6.45, 7) is 1.27. The van der Waals surface area contributed by atoms with Crippen molar-refractivity contribution in [2.45, 2.75) is 6.92 Å². The third kappa shape index (κ3) is 2.22. The molecule has 90 valence electrons. The molecule has 0 aromatic heterocycles. The summed E-state index contributed by atoms with van der Waals surface area (Å²) in [4.78, 5) is 32.2. The number of nitro benzene ring substituents is 1. The Morgan fingerprint density at radius 1 is 1.35 bits per heavy atom. The molecule has 0 radical (unpaired) electrons. The molecule has 0 bridgehead atoms. The maximum Gasteiger partial charge on any atom is 0.344 e. The monoisotopic (exact) mass is 239 g/mol. The van der Waals surface area contributed by atoms with Crippen LogP contribution in [0.3, 0.4) is 0 Å². The van der Waals surface area contributed by atoms with Gasteiger partial charge >= 0.3 is 11.9 Å². The van der Waals surface area contributed by atoms with Crippen molar-refractivity contribution in [3.63, 3.8) is 0 Å². The van der Waals surface area contributed by atoms with Crippen LogP contribution in [0.2, 0.25) is 0 Å². The first-order valence-electron chi connectivity index (χ1n) is 4.49. The first kappa shape index (κ1) is 12.6. The fourth-order valence-corrected chi connectivity index (χ4v) is 1.44. The van der Waals surface area contributed by atoms with E-state index in [1.807, 2.05) is 0 Å². The number of hydrogen-bond acceptors (Lipinski definition) is 5. The third-order valence-electron chi connectivity index (χ3n) is 2.25. The van der Waals surface area contributed by atoms with Crippen LogP contribution in [0.25, 0.3) is 0 Å². The van der Waals surface area contributed by atoms with E-state index in [4.69, 9.17) is 5.11 Å². The summed E-state index contributed by atoms with van der Waals surface area (Å²) in [6.07, 6.45) is 0. The van der Waals surface area contributed by atoms with Gasteiger partial charge in [-0.1, -0.05) is 0 Å². The van der Waals surface area contributed by atoms with E-state index in [0.29, 0.717) is 0 Å². The standard InChI is InChI=1S/C10H9NO6/c1-5-6(9(12)13)3-4-7(10(14)17-2)8(5)11(15)16/h3-4H,1-2H3,(H,12,13). The highest BCUT2D eigenvalue weighted by Crippen LogP contribution is 2.27. The Hall–Kier alpha value is -2.44. The molecule has 1 rings (SSSR count). The van der Waals surface area contributed by atoms with Gasteiger partial charge < -0.3 is 9.84 Å². The number of carbonyl (C=O) groups excluding carboxylic acids is 1. The van der Waals surface area contributed by atoms with E-state index in [0.717, 1.165) is 19.2 Å². The van der Waals surface area contributed by atoms with Crippen LogP contribution in [0.1, 0.15) is 26.3 Å². The van der Waals surface area contributed by atoms with E-state index in [-0.39, 0.29) is 16.7 Å². The molecule has 7 heteroatoms. The van der Waals surface area contributed by atoms with Crippen molar-refractivity contribution in [2.75, 3.05) is 7.11 Å². The highest BCUT2D eigenvalue weighted by Gasteiger charge is 2.27. The lowest BCUT2D eigenvalue weighted by molar-refractivity contribution is -0.385. The van der Waals surface area contributed by atoms with Gasteiger partial charge in [0.1, 0.15) is 5.56 Å². The number of aromatic carboxylic acids is 1. The van der Waals surface area contributed by atoms with E-state index < -0.39 is 22.5 Å². The van der Waals surface area contributed by atoms with E-state index >= 15 is 0 Å². The number of nitrogens with zero attached hydrogens (tertiary/aromatic N) is 1. The second-order valence-corrected chi connectivity index (χ2v) is 3.19. The zero-order valence-electron chi connectivity index (χ0n) is 9.09. The second-order valence-electron chi connectivity index (χ2n) is 3.19. The molecule has 0 saturated heterocycles. The minimum Gasteiger partial charge on any atom is -0.478 e. The van der Waals surface area contributed by atoms with Crippen molar-refractivity contribution in [2.24, 2.45) is 0 Å². The summed E-state index contributed by atoms with van der Waals surface area (Å²) in [7, 11) is 1.09. The maximum absolute atomic E-state index is 11.3. The highest BCUT2D eigenvalue weighted by molar-refractivity contribution is 5.98. The van der Waals surface area contributed by atoms with Gasteiger partial charge in [-0.15, -0.1) is 0 Å². The lowest BCUT2D eigenvalue weighted by atomic mass is 10.0. The molecule has 1 aromatic rings. The van der Waals surface area contributed by atoms with Crippen LogP contribution in [0, 0.1) is 17.0 Å².